The molecule has 0 aromatic heterocycles. The average Bonchev–Trinajstić information content (AvgIpc) is 2.81. The maximum Gasteiger partial charge on any atom is 0.268 e. The zero-order valence-corrected chi connectivity index (χ0v) is 14.6. The summed E-state index contributed by atoms with van der Waals surface area (Å²) in [5, 5.41) is 21.2. The van der Waals surface area contributed by atoms with Crippen molar-refractivity contribution in [3.63, 3.8) is 0 Å². The van der Waals surface area contributed by atoms with Gasteiger partial charge in [-0.15, -0.1) is 0 Å². The van der Waals surface area contributed by atoms with Crippen LogP contribution in [-0.4, -0.2) is 22.7 Å². The summed E-state index contributed by atoms with van der Waals surface area (Å²) in [6.45, 7) is 2.52. The molecular formula is C19H19ClFNO3. The minimum Gasteiger partial charge on any atom is -0.507 e. The van der Waals surface area contributed by atoms with Gasteiger partial charge in [0.25, 0.3) is 5.91 Å². The van der Waals surface area contributed by atoms with Crippen molar-refractivity contribution < 1.29 is 19.4 Å². The minimum absolute atomic E-state index is 0.116. The van der Waals surface area contributed by atoms with Gasteiger partial charge in [-0.05, 0) is 18.6 Å². The van der Waals surface area contributed by atoms with E-state index in [4.69, 9.17) is 11.6 Å². The average molecular weight is 364 g/mol. The Hall–Kier alpha value is -2.11. The summed E-state index contributed by atoms with van der Waals surface area (Å²) in [5.74, 6) is -1.89. The summed E-state index contributed by atoms with van der Waals surface area (Å²) in [5.41, 5.74) is -1.26. The molecule has 1 unspecified atom stereocenters. The lowest BCUT2D eigenvalue weighted by molar-refractivity contribution is -0.132. The van der Waals surface area contributed by atoms with Gasteiger partial charge in [0.1, 0.15) is 11.6 Å². The van der Waals surface area contributed by atoms with Gasteiger partial charge in [0.05, 0.1) is 10.7 Å². The molecule has 1 aliphatic heterocycles. The molecule has 0 radical (unpaired) electrons. The number of amides is 1. The van der Waals surface area contributed by atoms with E-state index >= 15 is 0 Å². The highest BCUT2D eigenvalue weighted by Crippen LogP contribution is 2.47. The summed E-state index contributed by atoms with van der Waals surface area (Å²) in [6, 6.07) is 8.78. The molecule has 2 N–H and O–H groups in total. The first kappa shape index (κ1) is 17.7. The first-order chi connectivity index (χ1) is 11.9. The van der Waals surface area contributed by atoms with Crippen molar-refractivity contribution >= 4 is 23.2 Å². The number of phenolic OH excluding ortho intramolecular Hbond substituents is 1. The molecule has 0 saturated carbocycles. The summed E-state index contributed by atoms with van der Waals surface area (Å²) in [4.78, 5) is 14.6. The Labute approximate surface area is 150 Å². The van der Waals surface area contributed by atoms with Gasteiger partial charge < -0.3 is 15.1 Å². The number of aromatic hydroxyl groups is 1. The number of aliphatic hydroxyl groups is 1. The SMILES string of the molecule is CCCCCN1C(=O)C(O)(c2cc(Cl)c(F)cc2O)c2ccccc21. The smallest absolute Gasteiger partial charge is 0.268 e. The Bertz CT molecular complexity index is 826. The molecule has 1 atom stereocenters. The maximum atomic E-state index is 13.6. The number of halogens is 2. The van der Waals surface area contributed by atoms with Crippen molar-refractivity contribution in [1.29, 1.82) is 0 Å². The largest absolute Gasteiger partial charge is 0.507 e. The van der Waals surface area contributed by atoms with E-state index in [2.05, 4.69) is 6.92 Å². The number of benzene rings is 2. The van der Waals surface area contributed by atoms with Crippen molar-refractivity contribution in [2.24, 2.45) is 0 Å². The molecule has 6 heteroatoms. The Kier molecular flexibility index (Phi) is 4.71. The summed E-state index contributed by atoms with van der Waals surface area (Å²) in [7, 11) is 0. The number of para-hydroxylation sites is 1. The summed E-state index contributed by atoms with van der Waals surface area (Å²) in [6.07, 6.45) is 2.75. The number of anilines is 1. The van der Waals surface area contributed by atoms with Crippen LogP contribution in [-0.2, 0) is 10.4 Å². The number of carbonyl (C=O) groups excluding carboxylic acids is 1. The molecule has 132 valence electrons. The molecule has 2 aromatic rings. The lowest BCUT2D eigenvalue weighted by Gasteiger charge is -2.24. The van der Waals surface area contributed by atoms with Gasteiger partial charge in [0.15, 0.2) is 5.60 Å². The van der Waals surface area contributed by atoms with Crippen LogP contribution < -0.4 is 4.90 Å². The molecule has 25 heavy (non-hydrogen) atoms. The van der Waals surface area contributed by atoms with Crippen molar-refractivity contribution in [3.05, 3.63) is 58.4 Å². The molecule has 1 heterocycles. The predicted octanol–water partition coefficient (Wildman–Crippen LogP) is 3.96. The van der Waals surface area contributed by atoms with E-state index in [9.17, 15) is 19.4 Å². The number of fused-ring (bicyclic) bond motifs is 1. The summed E-state index contributed by atoms with van der Waals surface area (Å²) >= 11 is 5.82. The normalized spacial score (nSPS) is 19.4. The molecule has 0 saturated heterocycles. The highest BCUT2D eigenvalue weighted by atomic mass is 35.5. The number of phenols is 1. The van der Waals surface area contributed by atoms with Gasteiger partial charge in [-0.1, -0.05) is 49.6 Å². The first-order valence-corrected chi connectivity index (χ1v) is 8.61. The van der Waals surface area contributed by atoms with Crippen molar-refractivity contribution in [1.82, 2.24) is 0 Å². The van der Waals surface area contributed by atoms with E-state index in [1.165, 1.54) is 4.90 Å². The van der Waals surface area contributed by atoms with Crippen molar-refractivity contribution in [2.45, 2.75) is 31.8 Å². The van der Waals surface area contributed by atoms with Crippen LogP contribution in [0.3, 0.4) is 0 Å². The van der Waals surface area contributed by atoms with Crippen molar-refractivity contribution in [3.8, 4) is 5.75 Å². The molecule has 0 spiro atoms. The third-order valence-corrected chi connectivity index (χ3v) is 4.84. The van der Waals surface area contributed by atoms with E-state index in [1.54, 1.807) is 24.3 Å². The van der Waals surface area contributed by atoms with Crippen LogP contribution in [0.5, 0.6) is 5.75 Å². The topological polar surface area (TPSA) is 60.8 Å². The standard InChI is InChI=1S/C19H19ClFNO3/c1-2-3-6-9-22-16-8-5-4-7-12(16)19(25,18(22)24)13-10-14(20)15(21)11-17(13)23/h4-5,7-8,10-11,23,25H,2-3,6,9H2,1H3. The van der Waals surface area contributed by atoms with Crippen LogP contribution in [0.2, 0.25) is 5.02 Å². The number of hydrogen-bond donors (Lipinski definition) is 2. The molecule has 1 amide bonds. The van der Waals surface area contributed by atoms with Gasteiger partial charge in [0.2, 0.25) is 0 Å². The highest BCUT2D eigenvalue weighted by Gasteiger charge is 2.52. The third kappa shape index (κ3) is 2.77. The maximum absolute atomic E-state index is 13.6. The van der Waals surface area contributed by atoms with Crippen LogP contribution in [0.15, 0.2) is 36.4 Å². The van der Waals surface area contributed by atoms with Crippen LogP contribution in [0.25, 0.3) is 0 Å². The quantitative estimate of drug-likeness (QED) is 0.790. The van der Waals surface area contributed by atoms with Crippen molar-refractivity contribution in [2.75, 3.05) is 11.4 Å². The Balaban J connectivity index is 2.13. The van der Waals surface area contributed by atoms with Crippen LogP contribution in [0.1, 0.15) is 37.3 Å². The fourth-order valence-corrected chi connectivity index (χ4v) is 3.43. The molecular weight excluding hydrogens is 345 g/mol. The number of nitrogens with zero attached hydrogens (tertiary/aromatic N) is 1. The first-order valence-electron chi connectivity index (χ1n) is 8.23. The van der Waals surface area contributed by atoms with E-state index in [-0.39, 0.29) is 10.6 Å². The minimum atomic E-state index is -2.09. The zero-order valence-electron chi connectivity index (χ0n) is 13.8. The van der Waals surface area contributed by atoms with Gasteiger partial charge >= 0.3 is 0 Å². The zero-order chi connectivity index (χ0) is 18.2. The number of unbranched alkanes of at least 4 members (excludes halogenated alkanes) is 2. The Morgan fingerprint density at radius 2 is 1.92 bits per heavy atom. The van der Waals surface area contributed by atoms with Gasteiger partial charge in [0, 0.05) is 23.7 Å². The van der Waals surface area contributed by atoms with E-state index in [0.29, 0.717) is 17.8 Å². The molecule has 0 fully saturated rings. The van der Waals surface area contributed by atoms with Crippen LogP contribution in [0.4, 0.5) is 10.1 Å². The Morgan fingerprint density at radius 1 is 1.20 bits per heavy atom. The number of hydrogen-bond acceptors (Lipinski definition) is 3. The second-order valence-corrected chi connectivity index (χ2v) is 6.58. The fraction of sp³-hybridized carbons (Fsp3) is 0.316. The van der Waals surface area contributed by atoms with Gasteiger partial charge in [-0.2, -0.15) is 0 Å². The molecule has 3 rings (SSSR count). The highest BCUT2D eigenvalue weighted by molar-refractivity contribution is 6.31. The number of carbonyl (C=O) groups is 1. The second kappa shape index (κ2) is 6.65. The molecule has 0 aliphatic carbocycles. The molecule has 2 aromatic carbocycles. The predicted molar refractivity (Wildman–Crippen MR) is 94.4 cm³/mol. The molecule has 0 bridgehead atoms. The van der Waals surface area contributed by atoms with E-state index in [0.717, 1.165) is 31.4 Å². The Morgan fingerprint density at radius 3 is 2.64 bits per heavy atom. The van der Waals surface area contributed by atoms with Crippen LogP contribution in [0, 0.1) is 5.82 Å². The molecule has 1 aliphatic rings. The van der Waals surface area contributed by atoms with Crippen LogP contribution >= 0.6 is 11.6 Å². The summed E-state index contributed by atoms with van der Waals surface area (Å²) < 4.78 is 13.6. The monoisotopic (exact) mass is 363 g/mol. The number of rotatable bonds is 5. The second-order valence-electron chi connectivity index (χ2n) is 6.17. The fourth-order valence-electron chi connectivity index (χ4n) is 3.26. The lowest BCUT2D eigenvalue weighted by atomic mass is 9.87. The third-order valence-electron chi connectivity index (χ3n) is 4.55. The van der Waals surface area contributed by atoms with Gasteiger partial charge in [-0.25, -0.2) is 4.39 Å². The van der Waals surface area contributed by atoms with E-state index < -0.39 is 23.1 Å². The lowest BCUT2D eigenvalue weighted by Crippen LogP contribution is -2.41. The van der Waals surface area contributed by atoms with E-state index in [1.807, 2.05) is 0 Å². The van der Waals surface area contributed by atoms with Gasteiger partial charge in [-0.3, -0.25) is 4.79 Å². The molecule has 4 nitrogen and oxygen atoms in total.